The predicted octanol–water partition coefficient (Wildman–Crippen LogP) is 2.31. The highest BCUT2D eigenvalue weighted by Gasteiger charge is 2.35. The predicted molar refractivity (Wildman–Crippen MR) is 152 cm³/mol. The number of anilines is 1. The molecule has 210 valence electrons. The van der Waals surface area contributed by atoms with Gasteiger partial charge < -0.3 is 26.0 Å². The summed E-state index contributed by atoms with van der Waals surface area (Å²) in [4.78, 5) is 21.4. The van der Waals surface area contributed by atoms with Gasteiger partial charge in [0.05, 0.1) is 25.8 Å². The van der Waals surface area contributed by atoms with E-state index in [4.69, 9.17) is 10.4 Å². The molecule has 4 N–H and O–H groups in total. The van der Waals surface area contributed by atoms with Crippen molar-refractivity contribution in [3.63, 3.8) is 0 Å². The van der Waals surface area contributed by atoms with Crippen molar-refractivity contribution < 1.29 is 14.6 Å². The molecule has 1 saturated carbocycles. The Kier molecular flexibility index (Phi) is 8.50. The molecule has 10 nitrogen and oxygen atoms in total. The summed E-state index contributed by atoms with van der Waals surface area (Å²) in [6, 6.07) is 9.22. The number of hydrazine groups is 1. The quantitative estimate of drug-likeness (QED) is 0.242. The lowest BCUT2D eigenvalue weighted by molar-refractivity contribution is -0.471. The molecule has 1 aliphatic carbocycles. The van der Waals surface area contributed by atoms with Gasteiger partial charge in [-0.25, -0.2) is 5.43 Å². The van der Waals surface area contributed by atoms with Crippen molar-refractivity contribution in [1.29, 1.82) is 5.41 Å². The highest BCUT2D eigenvalue weighted by atomic mass is 16.3. The summed E-state index contributed by atoms with van der Waals surface area (Å²) < 4.78 is 1.43. The van der Waals surface area contributed by atoms with Crippen molar-refractivity contribution in [3.05, 3.63) is 41.3 Å². The van der Waals surface area contributed by atoms with Gasteiger partial charge in [-0.05, 0) is 80.2 Å². The lowest BCUT2D eigenvalue weighted by Gasteiger charge is -2.36. The molecule has 39 heavy (non-hydrogen) atoms. The van der Waals surface area contributed by atoms with E-state index in [1.807, 2.05) is 19.1 Å². The molecule has 1 amide bonds. The zero-order valence-electron chi connectivity index (χ0n) is 23.0. The van der Waals surface area contributed by atoms with Crippen LogP contribution in [0.1, 0.15) is 76.2 Å². The van der Waals surface area contributed by atoms with Gasteiger partial charge in [0.2, 0.25) is 11.7 Å². The van der Waals surface area contributed by atoms with E-state index in [9.17, 15) is 9.90 Å². The van der Waals surface area contributed by atoms with Crippen LogP contribution in [0.25, 0.3) is 0 Å². The summed E-state index contributed by atoms with van der Waals surface area (Å²) in [5, 5.41) is 26.2. The van der Waals surface area contributed by atoms with E-state index in [-0.39, 0.29) is 17.6 Å². The summed E-state index contributed by atoms with van der Waals surface area (Å²) in [6.45, 7) is 9.56. The fourth-order valence-electron chi connectivity index (χ4n) is 6.39. The van der Waals surface area contributed by atoms with Crippen molar-refractivity contribution in [2.45, 2.75) is 82.7 Å². The summed E-state index contributed by atoms with van der Waals surface area (Å²) >= 11 is 0. The fourth-order valence-corrected chi connectivity index (χ4v) is 6.39. The molecule has 10 heteroatoms. The lowest BCUT2D eigenvalue weighted by atomic mass is 9.88. The van der Waals surface area contributed by atoms with E-state index < -0.39 is 5.90 Å². The number of hydrogen-bond donors (Lipinski definition) is 4. The van der Waals surface area contributed by atoms with Crippen molar-refractivity contribution >= 4 is 30.2 Å². The first kappa shape index (κ1) is 27.2. The number of carbonyl (C=O) groups is 1. The van der Waals surface area contributed by atoms with Gasteiger partial charge >= 0.3 is 5.96 Å². The molecule has 3 aliphatic heterocycles. The number of hydrogen-bond acceptors (Lipinski definition) is 8. The fraction of sp³-hybridized carbons (Fsp3) is 0.586. The van der Waals surface area contributed by atoms with Crippen LogP contribution in [0.15, 0.2) is 40.8 Å². The maximum Gasteiger partial charge on any atom is 0.417 e. The van der Waals surface area contributed by atoms with Gasteiger partial charge in [0.15, 0.2) is 0 Å². The van der Waals surface area contributed by atoms with Gasteiger partial charge in [-0.15, -0.1) is 4.68 Å². The molecule has 0 bridgehead atoms. The van der Waals surface area contributed by atoms with Crippen molar-refractivity contribution in [2.75, 3.05) is 31.5 Å². The molecule has 4 aliphatic rings. The van der Waals surface area contributed by atoms with E-state index in [1.54, 1.807) is 0 Å². The molecule has 0 unspecified atom stereocenters. The number of nitrogens with zero attached hydrogens (tertiary/aromatic N) is 4. The zero-order valence-corrected chi connectivity index (χ0v) is 23.0. The van der Waals surface area contributed by atoms with Crippen LogP contribution in [0.4, 0.5) is 5.69 Å². The number of piperidine rings is 2. The lowest BCUT2D eigenvalue weighted by Crippen LogP contribution is -2.55. The minimum Gasteiger partial charge on any atom is -0.857 e. The molecule has 3 heterocycles. The van der Waals surface area contributed by atoms with Crippen molar-refractivity contribution in [3.8, 4) is 0 Å². The molecule has 1 aromatic carbocycles. The van der Waals surface area contributed by atoms with Gasteiger partial charge in [-0.2, -0.15) is 0 Å². The molecule has 0 radical (unpaired) electrons. The van der Waals surface area contributed by atoms with Crippen LogP contribution < -0.4 is 21.2 Å². The van der Waals surface area contributed by atoms with Crippen LogP contribution in [0.2, 0.25) is 0 Å². The Balaban J connectivity index is 1.26. The second-order valence-corrected chi connectivity index (χ2v) is 11.2. The number of carbonyl (C=O) groups excluding carboxylic acids is 1. The van der Waals surface area contributed by atoms with Crippen LogP contribution in [0, 0.1) is 5.41 Å². The van der Waals surface area contributed by atoms with Crippen molar-refractivity contribution in [1.82, 2.24) is 20.5 Å². The number of likely N-dealkylation sites (tertiary alicyclic amines) is 2. The molecule has 1 atom stereocenters. The Labute approximate surface area is 231 Å². The number of nitrogens with one attached hydrogen (secondary N) is 4. The molecule has 0 spiro atoms. The van der Waals surface area contributed by atoms with Gasteiger partial charge in [0.25, 0.3) is 0 Å². The van der Waals surface area contributed by atoms with E-state index in [2.05, 4.69) is 44.7 Å². The molecule has 5 rings (SSSR count). The number of aliphatic imine (C=N–C) groups is 1. The molecule has 0 aromatic heterocycles. The monoisotopic (exact) mass is 534 g/mol. The normalized spacial score (nSPS) is 23.4. The zero-order chi connectivity index (χ0) is 27.4. The average molecular weight is 535 g/mol. The Hall–Kier alpha value is -3.40. The van der Waals surface area contributed by atoms with Gasteiger partial charge in [0, 0.05) is 24.0 Å². The second kappa shape index (κ2) is 12.2. The van der Waals surface area contributed by atoms with Crippen LogP contribution >= 0.6 is 0 Å². The molecule has 1 aromatic rings. The third-order valence-electron chi connectivity index (χ3n) is 8.57. The van der Waals surface area contributed by atoms with Crippen molar-refractivity contribution in [2.24, 2.45) is 4.99 Å². The SMILES string of the molecule is C=[N+]1NC(C(=N)[O-])=C(Nc2ccc(C3CCN(C4CCCC4)CC3)cc2)N=C1N1CCC[C@@H](NC(=O)CC)C1. The topological polar surface area (TPSA) is 122 Å². The Bertz CT molecular complexity index is 1130. The summed E-state index contributed by atoms with van der Waals surface area (Å²) in [5.41, 5.74) is 5.13. The average Bonchev–Trinajstić information content (AvgIpc) is 3.49. The Morgan fingerprint density at radius 3 is 2.51 bits per heavy atom. The van der Waals surface area contributed by atoms with Gasteiger partial charge in [-0.1, -0.05) is 31.9 Å². The molecular weight excluding hydrogens is 492 g/mol. The van der Waals surface area contributed by atoms with E-state index >= 15 is 0 Å². The van der Waals surface area contributed by atoms with Crippen LogP contribution in [0.3, 0.4) is 0 Å². The number of benzene rings is 1. The highest BCUT2D eigenvalue weighted by Crippen LogP contribution is 2.33. The largest absolute Gasteiger partial charge is 0.857 e. The Morgan fingerprint density at radius 1 is 1.13 bits per heavy atom. The minimum absolute atomic E-state index is 0.0273. The molecule has 3 fully saturated rings. The number of guanidine groups is 1. The smallest absolute Gasteiger partial charge is 0.417 e. The first-order valence-corrected chi connectivity index (χ1v) is 14.5. The van der Waals surface area contributed by atoms with E-state index in [0.717, 1.165) is 31.1 Å². The number of hydrazone groups is 1. The third-order valence-corrected chi connectivity index (χ3v) is 8.57. The first-order chi connectivity index (χ1) is 18.9. The first-order valence-electron chi connectivity index (χ1n) is 14.5. The van der Waals surface area contributed by atoms with Crippen LogP contribution in [0.5, 0.6) is 0 Å². The van der Waals surface area contributed by atoms with Gasteiger partial charge in [-0.3, -0.25) is 9.69 Å². The van der Waals surface area contributed by atoms with Gasteiger partial charge in [0.1, 0.15) is 5.70 Å². The van der Waals surface area contributed by atoms with Crippen LogP contribution in [-0.2, 0) is 4.79 Å². The van der Waals surface area contributed by atoms with E-state index in [1.165, 1.54) is 61.9 Å². The van der Waals surface area contributed by atoms with Crippen LogP contribution in [-0.4, -0.2) is 77.2 Å². The minimum atomic E-state index is -0.869. The Morgan fingerprint density at radius 2 is 1.85 bits per heavy atom. The van der Waals surface area contributed by atoms with E-state index in [0.29, 0.717) is 30.7 Å². The number of rotatable bonds is 7. The summed E-state index contributed by atoms with van der Waals surface area (Å²) in [6.07, 6.45) is 10.1. The maximum atomic E-state index is 12.1. The molecule has 2 saturated heterocycles. The standard InChI is InChI=1S/C29H42N8O2/c1-3-25(38)31-23-7-6-16-37(19-23)29-33-28(26(27(30)39)34-35(29)2)32-22-12-10-20(11-13-22)21-14-17-36(18-15-21)24-8-4-5-9-24/h10-13,21,23-24,34H,2-9,14-19H2,1H3,(H3-,30,31,32,38,39)/t23-/m1/s1. The highest BCUT2D eigenvalue weighted by molar-refractivity contribution is 5.90. The summed E-state index contributed by atoms with van der Waals surface area (Å²) in [7, 11) is 0. The molecular formula is C29H42N8O2. The second-order valence-electron chi connectivity index (χ2n) is 11.2. The number of amides is 1. The summed E-state index contributed by atoms with van der Waals surface area (Å²) in [5.74, 6) is 0.573. The maximum absolute atomic E-state index is 12.1. The third kappa shape index (κ3) is 6.43.